The zero-order valence-electron chi connectivity index (χ0n) is 9.61. The lowest BCUT2D eigenvalue weighted by Crippen LogP contribution is -2.09. The van der Waals surface area contributed by atoms with E-state index in [1.54, 1.807) is 18.2 Å². The minimum atomic E-state index is -4.26. The molecule has 0 spiro atoms. The van der Waals surface area contributed by atoms with Crippen LogP contribution in [0.25, 0.3) is 11.0 Å². The maximum Gasteiger partial charge on any atom is 0.441 e. The number of hydrogen-bond donors (Lipinski definition) is 1. The summed E-state index contributed by atoms with van der Waals surface area (Å²) in [5.74, 6) is -0.0453. The lowest BCUT2D eigenvalue weighted by Gasteiger charge is -2.08. The molecule has 0 amide bonds. The van der Waals surface area contributed by atoms with Crippen LogP contribution in [-0.2, 0) is 6.54 Å². The summed E-state index contributed by atoms with van der Waals surface area (Å²) in [7, 11) is 0. The number of nitrogen functional groups attached to an aromatic ring is 1. The Hall–Kier alpha value is -1.88. The number of nitriles is 1. The molecular weight excluding hydrogens is 277 g/mol. The van der Waals surface area contributed by atoms with E-state index in [0.29, 0.717) is 16.6 Å². The molecule has 0 aliphatic carbocycles. The van der Waals surface area contributed by atoms with Gasteiger partial charge in [-0.2, -0.15) is 18.4 Å². The number of aryl methyl sites for hydroxylation is 1. The minimum Gasteiger partial charge on any atom is -0.369 e. The van der Waals surface area contributed by atoms with Gasteiger partial charge in [0.05, 0.1) is 11.1 Å². The number of nitrogens with zero attached hydrogens (tertiary/aromatic N) is 3. The van der Waals surface area contributed by atoms with Gasteiger partial charge in [-0.15, -0.1) is 0 Å². The van der Waals surface area contributed by atoms with Crippen molar-refractivity contribution in [3.8, 4) is 6.07 Å². The fraction of sp³-hybridized carbons (Fsp3) is 0.273. The molecule has 0 fully saturated rings. The van der Waals surface area contributed by atoms with Crippen molar-refractivity contribution in [1.82, 2.24) is 9.55 Å². The van der Waals surface area contributed by atoms with Gasteiger partial charge in [0, 0.05) is 12.3 Å². The van der Waals surface area contributed by atoms with E-state index in [-0.39, 0.29) is 30.0 Å². The average Bonchev–Trinajstić information content (AvgIpc) is 2.64. The van der Waals surface area contributed by atoms with Crippen molar-refractivity contribution in [3.63, 3.8) is 0 Å². The number of halogens is 3. The molecule has 19 heavy (non-hydrogen) atoms. The number of alkyl halides is 3. The van der Waals surface area contributed by atoms with Crippen LogP contribution >= 0.6 is 11.8 Å². The summed E-state index contributed by atoms with van der Waals surface area (Å²) in [6.07, 6.45) is 0. The van der Waals surface area contributed by atoms with Crippen LogP contribution in [0, 0.1) is 11.3 Å². The van der Waals surface area contributed by atoms with Crippen molar-refractivity contribution in [2.24, 2.45) is 0 Å². The molecule has 0 aliphatic rings. The molecule has 0 aliphatic heterocycles. The van der Waals surface area contributed by atoms with Crippen molar-refractivity contribution >= 4 is 28.7 Å². The number of para-hydroxylation sites is 1. The standard InChI is InChI=1S/C11H9F3N4S/c12-11(13,14)19-5-4-18-8-3-1-2-7(6-15)9(8)17-10(18)16/h1-3H,4-5H2,(H2,16,17). The molecule has 1 aromatic heterocycles. The predicted molar refractivity (Wildman–Crippen MR) is 67.4 cm³/mol. The monoisotopic (exact) mass is 286 g/mol. The van der Waals surface area contributed by atoms with E-state index < -0.39 is 5.51 Å². The third kappa shape index (κ3) is 2.93. The van der Waals surface area contributed by atoms with Crippen LogP contribution in [0.2, 0.25) is 0 Å². The van der Waals surface area contributed by atoms with E-state index >= 15 is 0 Å². The smallest absolute Gasteiger partial charge is 0.369 e. The highest BCUT2D eigenvalue weighted by Gasteiger charge is 2.27. The molecule has 1 aromatic carbocycles. The van der Waals surface area contributed by atoms with Gasteiger partial charge in [-0.05, 0) is 23.9 Å². The SMILES string of the molecule is N#Cc1cccc2c1nc(N)n2CCSC(F)(F)F. The zero-order chi connectivity index (χ0) is 14.0. The van der Waals surface area contributed by atoms with Crippen molar-refractivity contribution < 1.29 is 13.2 Å². The molecule has 2 rings (SSSR count). The van der Waals surface area contributed by atoms with E-state index in [0.717, 1.165) is 0 Å². The fourth-order valence-corrected chi connectivity index (χ4v) is 2.25. The first-order chi connectivity index (χ1) is 8.92. The van der Waals surface area contributed by atoms with Gasteiger partial charge in [0.15, 0.2) is 0 Å². The van der Waals surface area contributed by atoms with Gasteiger partial charge >= 0.3 is 5.51 Å². The number of rotatable bonds is 3. The molecule has 8 heteroatoms. The third-order valence-corrected chi connectivity index (χ3v) is 3.22. The maximum atomic E-state index is 12.1. The summed E-state index contributed by atoms with van der Waals surface area (Å²) >= 11 is -0.110. The second kappa shape index (κ2) is 5.01. The van der Waals surface area contributed by atoms with Crippen molar-refractivity contribution in [3.05, 3.63) is 23.8 Å². The second-order valence-electron chi connectivity index (χ2n) is 3.70. The van der Waals surface area contributed by atoms with E-state index in [2.05, 4.69) is 4.98 Å². The normalized spacial score (nSPS) is 11.7. The summed E-state index contributed by atoms with van der Waals surface area (Å²) in [6, 6.07) is 6.89. The van der Waals surface area contributed by atoms with Crippen LogP contribution < -0.4 is 5.73 Å². The summed E-state index contributed by atoms with van der Waals surface area (Å²) in [5.41, 5.74) is 2.76. The van der Waals surface area contributed by atoms with Crippen molar-refractivity contribution in [1.29, 1.82) is 5.26 Å². The highest BCUT2D eigenvalue weighted by atomic mass is 32.2. The van der Waals surface area contributed by atoms with Gasteiger partial charge in [0.2, 0.25) is 5.95 Å². The number of thioether (sulfide) groups is 1. The molecule has 0 atom stereocenters. The maximum absolute atomic E-state index is 12.1. The van der Waals surface area contributed by atoms with E-state index in [1.807, 2.05) is 6.07 Å². The number of fused-ring (bicyclic) bond motifs is 1. The van der Waals surface area contributed by atoms with Crippen molar-refractivity contribution in [2.75, 3.05) is 11.5 Å². The number of hydrogen-bond acceptors (Lipinski definition) is 4. The number of aromatic nitrogens is 2. The molecule has 0 bridgehead atoms. The zero-order valence-corrected chi connectivity index (χ0v) is 10.4. The van der Waals surface area contributed by atoms with Gasteiger partial charge in [0.1, 0.15) is 11.6 Å². The fourth-order valence-electron chi connectivity index (χ4n) is 1.74. The van der Waals surface area contributed by atoms with Gasteiger partial charge < -0.3 is 10.3 Å². The van der Waals surface area contributed by atoms with Crippen LogP contribution in [0.3, 0.4) is 0 Å². The largest absolute Gasteiger partial charge is 0.441 e. The number of imidazole rings is 1. The molecule has 2 N–H and O–H groups in total. The Morgan fingerprint density at radius 2 is 2.16 bits per heavy atom. The van der Waals surface area contributed by atoms with Crippen LogP contribution in [-0.4, -0.2) is 20.8 Å². The Kier molecular flexibility index (Phi) is 3.57. The Balaban J connectivity index is 2.29. The molecule has 100 valence electrons. The molecule has 0 radical (unpaired) electrons. The molecule has 1 heterocycles. The Labute approximate surface area is 111 Å². The van der Waals surface area contributed by atoms with E-state index in [9.17, 15) is 13.2 Å². The second-order valence-corrected chi connectivity index (χ2v) is 4.86. The lowest BCUT2D eigenvalue weighted by atomic mass is 10.2. The Morgan fingerprint density at radius 3 is 2.79 bits per heavy atom. The number of benzene rings is 1. The number of anilines is 1. The predicted octanol–water partition coefficient (Wildman–Crippen LogP) is 2.74. The molecule has 4 nitrogen and oxygen atoms in total. The van der Waals surface area contributed by atoms with Crippen LogP contribution in [0.15, 0.2) is 18.2 Å². The Morgan fingerprint density at radius 1 is 1.42 bits per heavy atom. The summed E-state index contributed by atoms with van der Waals surface area (Å²) < 4.78 is 37.7. The lowest BCUT2D eigenvalue weighted by molar-refractivity contribution is -0.0328. The average molecular weight is 286 g/mol. The van der Waals surface area contributed by atoms with Crippen LogP contribution in [0.1, 0.15) is 5.56 Å². The molecule has 0 saturated heterocycles. The molecule has 0 unspecified atom stereocenters. The van der Waals surface area contributed by atoms with E-state index in [4.69, 9.17) is 11.0 Å². The van der Waals surface area contributed by atoms with Gasteiger partial charge in [-0.3, -0.25) is 0 Å². The molecule has 2 aromatic rings. The first-order valence-corrected chi connectivity index (χ1v) is 6.26. The summed E-state index contributed by atoms with van der Waals surface area (Å²) in [6.45, 7) is 0.0847. The van der Waals surface area contributed by atoms with Gasteiger partial charge in [-0.25, -0.2) is 4.98 Å². The van der Waals surface area contributed by atoms with E-state index in [1.165, 1.54) is 4.57 Å². The van der Waals surface area contributed by atoms with Crippen molar-refractivity contribution in [2.45, 2.75) is 12.1 Å². The van der Waals surface area contributed by atoms with Gasteiger partial charge in [0.25, 0.3) is 0 Å². The first-order valence-electron chi connectivity index (χ1n) is 5.28. The Bertz CT molecular complexity index is 642. The molecule has 0 saturated carbocycles. The first kappa shape index (κ1) is 13.5. The topological polar surface area (TPSA) is 67.6 Å². The quantitative estimate of drug-likeness (QED) is 0.942. The highest BCUT2D eigenvalue weighted by Crippen LogP contribution is 2.31. The van der Waals surface area contributed by atoms with Gasteiger partial charge in [-0.1, -0.05) is 6.07 Å². The molecular formula is C11H9F3N4S. The third-order valence-electron chi connectivity index (χ3n) is 2.51. The van der Waals surface area contributed by atoms with Crippen LogP contribution in [0.4, 0.5) is 19.1 Å². The number of nitrogens with two attached hydrogens (primary N) is 1. The summed E-state index contributed by atoms with van der Waals surface area (Å²) in [5, 5.41) is 8.93. The van der Waals surface area contributed by atoms with Crippen LogP contribution in [0.5, 0.6) is 0 Å². The minimum absolute atomic E-state index is 0.0847. The summed E-state index contributed by atoms with van der Waals surface area (Å²) in [4.78, 5) is 4.03. The highest BCUT2D eigenvalue weighted by molar-refractivity contribution is 8.00.